The Kier molecular flexibility index (Phi) is 4.04. The van der Waals surface area contributed by atoms with Crippen LogP contribution in [0.2, 0.25) is 0 Å². The van der Waals surface area contributed by atoms with Crippen LogP contribution in [-0.2, 0) is 0 Å². The molecule has 1 unspecified atom stereocenters. The number of hydrogen-bond acceptors (Lipinski definition) is 2. The van der Waals surface area contributed by atoms with Gasteiger partial charge in [-0.15, -0.1) is 0 Å². The zero-order valence-electron chi connectivity index (χ0n) is 11.0. The highest BCUT2D eigenvalue weighted by molar-refractivity contribution is 5.48. The van der Waals surface area contributed by atoms with Crippen LogP contribution in [0, 0.1) is 5.92 Å². The average Bonchev–Trinajstić information content (AvgIpc) is 2.38. The molecule has 1 aliphatic heterocycles. The van der Waals surface area contributed by atoms with E-state index in [2.05, 4.69) is 0 Å². The summed E-state index contributed by atoms with van der Waals surface area (Å²) >= 11 is 0. The van der Waals surface area contributed by atoms with Crippen molar-refractivity contribution in [2.45, 2.75) is 32.0 Å². The van der Waals surface area contributed by atoms with Crippen molar-refractivity contribution in [3.05, 3.63) is 29.8 Å². The van der Waals surface area contributed by atoms with Crippen LogP contribution in [0.4, 0.5) is 18.9 Å². The van der Waals surface area contributed by atoms with Crippen molar-refractivity contribution in [3.8, 4) is 0 Å². The Bertz CT molecular complexity index is 412. The summed E-state index contributed by atoms with van der Waals surface area (Å²) in [5, 5.41) is 0. The molecule has 106 valence electrons. The zero-order chi connectivity index (χ0) is 14.0. The Balaban J connectivity index is 2.09. The molecule has 0 bridgehead atoms. The molecule has 0 aromatic heterocycles. The van der Waals surface area contributed by atoms with Crippen LogP contribution >= 0.6 is 0 Å². The van der Waals surface area contributed by atoms with Crippen molar-refractivity contribution in [2.75, 3.05) is 18.0 Å². The highest BCUT2D eigenvalue weighted by atomic mass is 19.4. The molecule has 5 heteroatoms. The lowest BCUT2D eigenvalue weighted by atomic mass is 9.97. The molecule has 1 fully saturated rings. The first kappa shape index (κ1) is 14.2. The van der Waals surface area contributed by atoms with E-state index >= 15 is 0 Å². The van der Waals surface area contributed by atoms with E-state index < -0.39 is 12.1 Å². The van der Waals surface area contributed by atoms with Crippen molar-refractivity contribution in [1.82, 2.24) is 0 Å². The second-order valence-electron chi connectivity index (χ2n) is 5.21. The average molecular weight is 272 g/mol. The summed E-state index contributed by atoms with van der Waals surface area (Å²) in [6, 6.07) is 7.43. The molecule has 0 radical (unpaired) electrons. The molecule has 1 aromatic carbocycles. The van der Waals surface area contributed by atoms with Gasteiger partial charge in [-0.2, -0.15) is 13.2 Å². The summed E-state index contributed by atoms with van der Waals surface area (Å²) < 4.78 is 38.3. The molecular formula is C14H19F3N2. The number of alkyl halides is 3. The van der Waals surface area contributed by atoms with Crippen molar-refractivity contribution in [1.29, 1.82) is 0 Å². The second-order valence-corrected chi connectivity index (χ2v) is 5.21. The molecule has 0 saturated carbocycles. The third kappa shape index (κ3) is 3.41. The van der Waals surface area contributed by atoms with Crippen molar-refractivity contribution in [3.63, 3.8) is 0 Å². The van der Waals surface area contributed by atoms with E-state index in [0.29, 0.717) is 13.0 Å². The van der Waals surface area contributed by atoms with Crippen LogP contribution in [0.15, 0.2) is 24.3 Å². The minimum atomic E-state index is -4.09. The lowest BCUT2D eigenvalue weighted by Crippen LogP contribution is -2.41. The summed E-state index contributed by atoms with van der Waals surface area (Å²) in [7, 11) is 0. The number of halogens is 3. The number of nitrogens with two attached hydrogens (primary N) is 1. The lowest BCUT2D eigenvalue weighted by molar-refractivity contribution is -0.175. The van der Waals surface area contributed by atoms with Gasteiger partial charge in [-0.1, -0.05) is 12.1 Å². The smallest absolute Gasteiger partial charge is 0.371 e. The summed E-state index contributed by atoms with van der Waals surface area (Å²) in [5.74, 6) is -1.21. The first-order valence-electron chi connectivity index (χ1n) is 6.55. The maximum atomic E-state index is 12.8. The van der Waals surface area contributed by atoms with E-state index in [1.807, 2.05) is 36.1 Å². The van der Waals surface area contributed by atoms with Gasteiger partial charge in [0, 0.05) is 24.8 Å². The number of anilines is 1. The molecule has 0 aliphatic carbocycles. The molecule has 2 N–H and O–H groups in total. The quantitative estimate of drug-likeness (QED) is 0.893. The van der Waals surface area contributed by atoms with E-state index in [1.165, 1.54) is 0 Å². The number of hydrogen-bond donors (Lipinski definition) is 1. The van der Waals surface area contributed by atoms with E-state index in [1.54, 1.807) is 0 Å². The fourth-order valence-electron chi connectivity index (χ4n) is 2.47. The fourth-order valence-corrected chi connectivity index (χ4v) is 2.47. The standard InChI is InChI=1S/C14H19F3N2/c1-10(18)11-4-6-13(7-5-11)19-8-2-3-12(9-19)14(15,16)17/h4-7,10,12H,2-3,8-9,18H2,1H3/t10-,12?/m0/s1. The first-order chi connectivity index (χ1) is 8.88. The van der Waals surface area contributed by atoms with Gasteiger partial charge in [0.1, 0.15) is 0 Å². The van der Waals surface area contributed by atoms with E-state index in [9.17, 15) is 13.2 Å². The van der Waals surface area contributed by atoms with Crippen LogP contribution in [-0.4, -0.2) is 19.3 Å². The van der Waals surface area contributed by atoms with E-state index in [-0.39, 0.29) is 19.0 Å². The maximum Gasteiger partial charge on any atom is 0.393 e. The Morgan fingerprint density at radius 3 is 2.42 bits per heavy atom. The van der Waals surface area contributed by atoms with Crippen molar-refractivity contribution in [2.24, 2.45) is 11.7 Å². The molecule has 1 saturated heterocycles. The third-order valence-electron chi connectivity index (χ3n) is 3.67. The number of benzene rings is 1. The first-order valence-corrected chi connectivity index (χ1v) is 6.55. The predicted octanol–water partition coefficient (Wildman–Crippen LogP) is 3.49. The van der Waals surface area contributed by atoms with Gasteiger partial charge in [0.2, 0.25) is 0 Å². The second kappa shape index (κ2) is 5.41. The Morgan fingerprint density at radius 2 is 1.89 bits per heavy atom. The zero-order valence-corrected chi connectivity index (χ0v) is 11.0. The Hall–Kier alpha value is -1.23. The molecule has 2 atom stereocenters. The summed E-state index contributed by atoms with van der Waals surface area (Å²) in [6.07, 6.45) is -3.28. The van der Waals surface area contributed by atoms with E-state index in [4.69, 9.17) is 5.73 Å². The summed E-state index contributed by atoms with van der Waals surface area (Å²) in [5.41, 5.74) is 7.60. The number of rotatable bonds is 2. The highest BCUT2D eigenvalue weighted by Crippen LogP contribution is 2.34. The number of nitrogens with zero attached hydrogens (tertiary/aromatic N) is 1. The Labute approximate surface area is 111 Å². The van der Waals surface area contributed by atoms with Crippen LogP contribution in [0.25, 0.3) is 0 Å². The largest absolute Gasteiger partial charge is 0.393 e. The molecule has 2 nitrogen and oxygen atoms in total. The van der Waals surface area contributed by atoms with Crippen molar-refractivity contribution < 1.29 is 13.2 Å². The topological polar surface area (TPSA) is 29.3 Å². The lowest BCUT2D eigenvalue weighted by Gasteiger charge is -2.35. The summed E-state index contributed by atoms with van der Waals surface area (Å²) in [4.78, 5) is 1.81. The molecule has 1 aromatic rings. The van der Waals surface area contributed by atoms with Crippen LogP contribution in [0.1, 0.15) is 31.4 Å². The molecule has 0 amide bonds. The highest BCUT2D eigenvalue weighted by Gasteiger charge is 2.41. The van der Waals surface area contributed by atoms with Crippen LogP contribution < -0.4 is 10.6 Å². The van der Waals surface area contributed by atoms with Gasteiger partial charge in [-0.05, 0) is 37.5 Å². The minimum Gasteiger partial charge on any atom is -0.371 e. The predicted molar refractivity (Wildman–Crippen MR) is 70.0 cm³/mol. The van der Waals surface area contributed by atoms with Gasteiger partial charge >= 0.3 is 6.18 Å². The Morgan fingerprint density at radius 1 is 1.26 bits per heavy atom. The SMILES string of the molecule is C[C@H](N)c1ccc(N2CCCC(C(F)(F)F)C2)cc1. The molecule has 1 aliphatic rings. The van der Waals surface area contributed by atoms with Gasteiger partial charge in [0.25, 0.3) is 0 Å². The normalized spacial score (nSPS) is 22.4. The van der Waals surface area contributed by atoms with Crippen molar-refractivity contribution >= 4 is 5.69 Å². The van der Waals surface area contributed by atoms with Gasteiger partial charge in [-0.3, -0.25) is 0 Å². The van der Waals surface area contributed by atoms with Gasteiger partial charge in [0.05, 0.1) is 5.92 Å². The minimum absolute atomic E-state index is 0.0566. The van der Waals surface area contributed by atoms with Crippen LogP contribution in [0.5, 0.6) is 0 Å². The van der Waals surface area contributed by atoms with Gasteiger partial charge in [-0.25, -0.2) is 0 Å². The molecular weight excluding hydrogens is 253 g/mol. The molecule has 1 heterocycles. The number of piperidine rings is 1. The molecule has 19 heavy (non-hydrogen) atoms. The fraction of sp³-hybridized carbons (Fsp3) is 0.571. The molecule has 0 spiro atoms. The monoisotopic (exact) mass is 272 g/mol. The van der Waals surface area contributed by atoms with Crippen LogP contribution in [0.3, 0.4) is 0 Å². The molecule has 2 rings (SSSR count). The van der Waals surface area contributed by atoms with E-state index in [0.717, 1.165) is 11.3 Å². The summed E-state index contributed by atoms with van der Waals surface area (Å²) in [6.45, 7) is 2.63. The maximum absolute atomic E-state index is 12.8. The van der Waals surface area contributed by atoms with Gasteiger partial charge in [0.15, 0.2) is 0 Å². The van der Waals surface area contributed by atoms with Gasteiger partial charge < -0.3 is 10.6 Å². The third-order valence-corrected chi connectivity index (χ3v) is 3.67.